The lowest BCUT2D eigenvalue weighted by atomic mass is 9.94. The summed E-state index contributed by atoms with van der Waals surface area (Å²) in [6.45, 7) is 8.91. The summed E-state index contributed by atoms with van der Waals surface area (Å²) >= 11 is 0. The van der Waals surface area contributed by atoms with Crippen LogP contribution in [0.1, 0.15) is 74.6 Å². The van der Waals surface area contributed by atoms with E-state index in [9.17, 15) is 0 Å². The Balaban J connectivity index is 0.00000308. The van der Waals surface area contributed by atoms with Crippen LogP contribution in [0.3, 0.4) is 0 Å². The van der Waals surface area contributed by atoms with Gasteiger partial charge in [0.15, 0.2) is 11.9 Å². The molecule has 2 atom stereocenters. The van der Waals surface area contributed by atoms with Crippen molar-refractivity contribution in [2.45, 2.75) is 63.5 Å². The van der Waals surface area contributed by atoms with Crippen molar-refractivity contribution in [3.05, 3.63) is 71.8 Å². The molecule has 6 rings (SSSR count). The van der Waals surface area contributed by atoms with E-state index in [-0.39, 0.29) is 24.5 Å². The zero-order valence-corrected chi connectivity index (χ0v) is 24.1. The molecule has 0 bridgehead atoms. The van der Waals surface area contributed by atoms with Gasteiger partial charge in [-0.05, 0) is 62.5 Å². The summed E-state index contributed by atoms with van der Waals surface area (Å²) in [5.41, 5.74) is 2.51. The molecule has 0 aromatic heterocycles. The fraction of sp³-hybridized carbons (Fsp3) is 0.562. The van der Waals surface area contributed by atoms with Gasteiger partial charge in [-0.15, -0.1) is 12.4 Å². The Hall–Kier alpha value is -2.73. The lowest BCUT2D eigenvalue weighted by molar-refractivity contribution is 0.375. The number of hydrogen-bond donors (Lipinski definition) is 0. The standard InChI is InChI=1S/C32H44N6.ClH/c1-3-15-27(16-4-1)29(33-31(35-19-7-8-20-35)36-21-9-10-22-36)30(28-17-5-2-6-18-28)34-32(37-23-11-12-24-37)38-25-13-14-26-38;/h1-6,15-18,29-30H,7-14,19-26H2;1H/t29-,30-;/m0./s1. The Bertz CT molecular complexity index is 943. The number of rotatable bonds is 5. The lowest BCUT2D eigenvalue weighted by Crippen LogP contribution is -2.43. The van der Waals surface area contributed by atoms with E-state index in [1.54, 1.807) is 0 Å². The molecule has 2 aromatic carbocycles. The maximum Gasteiger partial charge on any atom is 0.197 e. The molecule has 0 spiro atoms. The second-order valence-electron chi connectivity index (χ2n) is 11.3. The van der Waals surface area contributed by atoms with Gasteiger partial charge in [-0.2, -0.15) is 0 Å². The Labute approximate surface area is 241 Å². The summed E-state index contributed by atoms with van der Waals surface area (Å²) in [4.78, 5) is 21.6. The zero-order valence-electron chi connectivity index (χ0n) is 23.3. The van der Waals surface area contributed by atoms with E-state index in [0.717, 1.165) is 52.4 Å². The largest absolute Gasteiger partial charge is 0.343 e. The van der Waals surface area contributed by atoms with Crippen molar-refractivity contribution in [1.82, 2.24) is 19.6 Å². The third-order valence-corrected chi connectivity index (χ3v) is 8.65. The molecular weight excluding hydrogens is 504 g/mol. The van der Waals surface area contributed by atoms with Gasteiger partial charge in [0.2, 0.25) is 0 Å². The number of nitrogens with zero attached hydrogens (tertiary/aromatic N) is 6. The molecule has 7 heteroatoms. The first-order chi connectivity index (χ1) is 18.9. The van der Waals surface area contributed by atoms with Crippen molar-refractivity contribution in [3.63, 3.8) is 0 Å². The minimum absolute atomic E-state index is 0. The van der Waals surface area contributed by atoms with Gasteiger partial charge in [0.25, 0.3) is 0 Å². The van der Waals surface area contributed by atoms with Gasteiger partial charge in [0.1, 0.15) is 12.1 Å². The Morgan fingerprint density at radius 2 is 0.692 bits per heavy atom. The smallest absolute Gasteiger partial charge is 0.197 e. The summed E-state index contributed by atoms with van der Waals surface area (Å²) in [6.07, 6.45) is 10.1. The van der Waals surface area contributed by atoms with Crippen molar-refractivity contribution in [3.8, 4) is 0 Å². The zero-order chi connectivity index (χ0) is 25.6. The van der Waals surface area contributed by atoms with E-state index in [1.807, 2.05) is 0 Å². The molecule has 0 aliphatic carbocycles. The van der Waals surface area contributed by atoms with Crippen LogP contribution in [0, 0.1) is 0 Å². The molecule has 4 fully saturated rings. The van der Waals surface area contributed by atoms with Gasteiger partial charge in [-0.3, -0.25) is 0 Å². The number of guanidine groups is 2. The molecule has 4 saturated heterocycles. The van der Waals surface area contributed by atoms with Gasteiger partial charge in [0, 0.05) is 52.4 Å². The minimum atomic E-state index is -0.0741. The van der Waals surface area contributed by atoms with Crippen molar-refractivity contribution in [2.24, 2.45) is 9.98 Å². The van der Waals surface area contributed by atoms with Crippen LogP contribution in [0.15, 0.2) is 70.6 Å². The molecule has 39 heavy (non-hydrogen) atoms. The first-order valence-corrected chi connectivity index (χ1v) is 15.1. The van der Waals surface area contributed by atoms with E-state index < -0.39 is 0 Å². The van der Waals surface area contributed by atoms with Gasteiger partial charge < -0.3 is 19.6 Å². The van der Waals surface area contributed by atoms with Crippen LogP contribution in [0.5, 0.6) is 0 Å². The predicted molar refractivity (Wildman–Crippen MR) is 164 cm³/mol. The SMILES string of the molecule is Cl.c1ccc([C@H](N=C(N2CCCC2)N2CCCC2)[C@@H](N=C(N2CCCC2)N2CCCC2)c2ccccc2)cc1. The highest BCUT2D eigenvalue weighted by Gasteiger charge is 2.32. The molecule has 0 N–H and O–H groups in total. The highest BCUT2D eigenvalue weighted by molar-refractivity contribution is 5.85. The molecule has 0 radical (unpaired) electrons. The van der Waals surface area contributed by atoms with Gasteiger partial charge in [-0.1, -0.05) is 60.7 Å². The normalized spacial score (nSPS) is 20.6. The monoisotopic (exact) mass is 548 g/mol. The van der Waals surface area contributed by atoms with Crippen molar-refractivity contribution < 1.29 is 0 Å². The van der Waals surface area contributed by atoms with E-state index in [0.29, 0.717) is 0 Å². The molecule has 2 aromatic rings. The third-order valence-electron chi connectivity index (χ3n) is 8.65. The number of benzene rings is 2. The van der Waals surface area contributed by atoms with Gasteiger partial charge in [0.05, 0.1) is 0 Å². The fourth-order valence-electron chi connectivity index (χ4n) is 6.60. The van der Waals surface area contributed by atoms with Crippen LogP contribution >= 0.6 is 12.4 Å². The van der Waals surface area contributed by atoms with Crippen LogP contribution < -0.4 is 0 Å². The molecule has 0 amide bonds. The summed E-state index contributed by atoms with van der Waals surface area (Å²) in [5.74, 6) is 2.41. The van der Waals surface area contributed by atoms with E-state index in [1.165, 1.54) is 74.4 Å². The summed E-state index contributed by atoms with van der Waals surface area (Å²) in [6, 6.07) is 21.8. The predicted octanol–water partition coefficient (Wildman–Crippen LogP) is 5.99. The number of halogens is 1. The quantitative estimate of drug-likeness (QED) is 0.340. The average molecular weight is 549 g/mol. The maximum atomic E-state index is 5.72. The average Bonchev–Trinajstić information content (AvgIpc) is 3.79. The Morgan fingerprint density at radius 3 is 0.949 bits per heavy atom. The summed E-state index contributed by atoms with van der Waals surface area (Å²) < 4.78 is 0. The van der Waals surface area contributed by atoms with Gasteiger partial charge in [-0.25, -0.2) is 9.98 Å². The second-order valence-corrected chi connectivity index (χ2v) is 11.3. The summed E-state index contributed by atoms with van der Waals surface area (Å²) in [7, 11) is 0. The van der Waals surface area contributed by atoms with Crippen LogP contribution in [0.4, 0.5) is 0 Å². The number of likely N-dealkylation sites (tertiary alicyclic amines) is 4. The number of hydrogen-bond acceptors (Lipinski definition) is 2. The highest BCUT2D eigenvalue weighted by atomic mass is 35.5. The molecule has 4 aliphatic rings. The topological polar surface area (TPSA) is 37.7 Å². The Morgan fingerprint density at radius 1 is 0.436 bits per heavy atom. The second kappa shape index (κ2) is 13.6. The van der Waals surface area contributed by atoms with Gasteiger partial charge >= 0.3 is 0 Å². The van der Waals surface area contributed by atoms with Crippen molar-refractivity contribution in [1.29, 1.82) is 0 Å². The van der Waals surface area contributed by atoms with Crippen LogP contribution in [0.2, 0.25) is 0 Å². The van der Waals surface area contributed by atoms with E-state index in [2.05, 4.69) is 80.3 Å². The molecule has 210 valence electrons. The molecule has 0 unspecified atom stereocenters. The van der Waals surface area contributed by atoms with Crippen LogP contribution in [0.25, 0.3) is 0 Å². The van der Waals surface area contributed by atoms with E-state index in [4.69, 9.17) is 9.98 Å². The maximum absolute atomic E-state index is 5.72. The number of aliphatic imine (C=N–C) groups is 2. The van der Waals surface area contributed by atoms with Crippen LogP contribution in [-0.2, 0) is 0 Å². The third kappa shape index (κ3) is 6.54. The first kappa shape index (κ1) is 27.8. The Kier molecular flexibility index (Phi) is 9.67. The lowest BCUT2D eigenvalue weighted by Gasteiger charge is -2.33. The highest BCUT2D eigenvalue weighted by Crippen LogP contribution is 2.37. The summed E-state index contributed by atoms with van der Waals surface area (Å²) in [5, 5.41) is 0. The molecule has 6 nitrogen and oxygen atoms in total. The molecule has 0 saturated carbocycles. The van der Waals surface area contributed by atoms with Crippen molar-refractivity contribution in [2.75, 3.05) is 52.4 Å². The molecule has 4 aliphatic heterocycles. The van der Waals surface area contributed by atoms with Crippen molar-refractivity contribution >= 4 is 24.3 Å². The van der Waals surface area contributed by atoms with E-state index >= 15 is 0 Å². The first-order valence-electron chi connectivity index (χ1n) is 15.1. The minimum Gasteiger partial charge on any atom is -0.343 e. The fourth-order valence-corrected chi connectivity index (χ4v) is 6.60. The van der Waals surface area contributed by atoms with Crippen LogP contribution in [-0.4, -0.2) is 83.9 Å². The molecular formula is C32H45ClN6. The molecule has 4 heterocycles.